The summed E-state index contributed by atoms with van der Waals surface area (Å²) < 4.78 is 11.4. The number of aryl methyl sites for hydroxylation is 1. The van der Waals surface area contributed by atoms with Gasteiger partial charge < -0.3 is 14.5 Å². The van der Waals surface area contributed by atoms with E-state index in [4.69, 9.17) is 9.15 Å². The number of hydrogen-bond acceptors (Lipinski definition) is 5. The topological polar surface area (TPSA) is 58.0 Å². The van der Waals surface area contributed by atoms with Gasteiger partial charge in [0.2, 0.25) is 5.91 Å². The number of furan rings is 1. The van der Waals surface area contributed by atoms with Crippen LogP contribution in [0.5, 0.6) is 0 Å². The van der Waals surface area contributed by atoms with E-state index in [2.05, 4.69) is 39.4 Å². The lowest BCUT2D eigenvalue weighted by molar-refractivity contribution is -0.126. The average molecular weight is 398 g/mol. The van der Waals surface area contributed by atoms with Crippen LogP contribution >= 0.6 is 0 Å². The van der Waals surface area contributed by atoms with Crippen molar-refractivity contribution in [2.24, 2.45) is 0 Å². The highest BCUT2D eigenvalue weighted by Crippen LogP contribution is 2.24. The molecule has 2 aliphatic rings. The van der Waals surface area contributed by atoms with Gasteiger partial charge in [-0.25, -0.2) is 0 Å². The van der Waals surface area contributed by atoms with E-state index in [1.54, 1.807) is 0 Å². The molecule has 2 aromatic rings. The molecule has 4 rings (SSSR count). The third-order valence-electron chi connectivity index (χ3n) is 5.94. The first-order valence-electron chi connectivity index (χ1n) is 10.6. The van der Waals surface area contributed by atoms with Crippen LogP contribution in [0, 0.1) is 6.92 Å². The number of likely N-dealkylation sites (tertiary alicyclic amines) is 1. The quantitative estimate of drug-likeness (QED) is 0.779. The Hall–Kier alpha value is -2.15. The van der Waals surface area contributed by atoms with Crippen molar-refractivity contribution in [3.63, 3.8) is 0 Å². The van der Waals surface area contributed by atoms with E-state index in [0.717, 1.165) is 63.8 Å². The average Bonchev–Trinajstić information content (AvgIpc) is 3.39. The summed E-state index contributed by atoms with van der Waals surface area (Å²) in [4.78, 5) is 17.7. The highest BCUT2D eigenvalue weighted by Gasteiger charge is 2.32. The Morgan fingerprint density at radius 2 is 1.93 bits per heavy atom. The van der Waals surface area contributed by atoms with Crippen molar-refractivity contribution in [3.05, 3.63) is 59.5 Å². The molecule has 6 heteroatoms. The van der Waals surface area contributed by atoms with Gasteiger partial charge in [-0.2, -0.15) is 0 Å². The fourth-order valence-corrected chi connectivity index (χ4v) is 4.38. The monoisotopic (exact) mass is 397 g/mol. The molecule has 1 aromatic heterocycles. The minimum Gasteiger partial charge on any atom is -0.465 e. The lowest BCUT2D eigenvalue weighted by Crippen LogP contribution is -2.47. The van der Waals surface area contributed by atoms with Crippen LogP contribution in [0.3, 0.4) is 0 Å². The number of carbonyl (C=O) groups is 1. The minimum atomic E-state index is -0.0566. The first-order chi connectivity index (χ1) is 14.2. The predicted molar refractivity (Wildman–Crippen MR) is 111 cm³/mol. The number of rotatable bonds is 7. The molecule has 1 amide bonds. The summed E-state index contributed by atoms with van der Waals surface area (Å²) in [7, 11) is 0. The van der Waals surface area contributed by atoms with Crippen LogP contribution in [0.4, 0.5) is 0 Å². The van der Waals surface area contributed by atoms with Gasteiger partial charge in [-0.1, -0.05) is 30.3 Å². The lowest BCUT2D eigenvalue weighted by atomic mass is 10.1. The van der Waals surface area contributed by atoms with Crippen LogP contribution in [-0.2, 0) is 16.1 Å². The molecule has 2 fully saturated rings. The van der Waals surface area contributed by atoms with Gasteiger partial charge in [-0.05, 0) is 44.0 Å². The summed E-state index contributed by atoms with van der Waals surface area (Å²) in [5.41, 5.74) is 1.25. The summed E-state index contributed by atoms with van der Waals surface area (Å²) in [6.45, 7) is 7.45. The van der Waals surface area contributed by atoms with E-state index in [0.29, 0.717) is 6.54 Å². The molecular weight excluding hydrogens is 366 g/mol. The molecule has 6 nitrogen and oxygen atoms in total. The molecular formula is C23H31N3O3. The molecule has 2 aliphatic heterocycles. The van der Waals surface area contributed by atoms with E-state index in [9.17, 15) is 4.79 Å². The van der Waals surface area contributed by atoms with Gasteiger partial charge in [0.25, 0.3) is 0 Å². The van der Waals surface area contributed by atoms with Gasteiger partial charge in [-0.15, -0.1) is 0 Å². The van der Waals surface area contributed by atoms with Crippen molar-refractivity contribution >= 4 is 5.91 Å². The van der Waals surface area contributed by atoms with Crippen LogP contribution in [-0.4, -0.2) is 61.1 Å². The molecule has 156 valence electrons. The third kappa shape index (κ3) is 5.07. The first-order valence-corrected chi connectivity index (χ1v) is 10.6. The molecule has 1 N–H and O–H groups in total. The van der Waals surface area contributed by atoms with Crippen molar-refractivity contribution < 1.29 is 13.9 Å². The maximum absolute atomic E-state index is 13.0. The molecule has 2 atom stereocenters. The van der Waals surface area contributed by atoms with Crippen molar-refractivity contribution in [2.45, 2.75) is 38.4 Å². The number of benzene rings is 1. The van der Waals surface area contributed by atoms with Gasteiger partial charge in [0.1, 0.15) is 11.5 Å². The van der Waals surface area contributed by atoms with Crippen LogP contribution < -0.4 is 5.32 Å². The van der Waals surface area contributed by atoms with Gasteiger partial charge in [0, 0.05) is 26.2 Å². The lowest BCUT2D eigenvalue weighted by Gasteiger charge is -2.34. The third-order valence-corrected chi connectivity index (χ3v) is 5.94. The smallest absolute Gasteiger partial charge is 0.237 e. The van der Waals surface area contributed by atoms with Crippen LogP contribution in [0.25, 0.3) is 0 Å². The number of hydrogen-bond donors (Lipinski definition) is 1. The van der Waals surface area contributed by atoms with Gasteiger partial charge in [0.15, 0.2) is 0 Å². The maximum atomic E-state index is 13.0. The van der Waals surface area contributed by atoms with E-state index in [1.165, 1.54) is 5.56 Å². The second-order valence-electron chi connectivity index (χ2n) is 7.97. The molecule has 2 unspecified atom stereocenters. The zero-order valence-electron chi connectivity index (χ0n) is 17.2. The first kappa shape index (κ1) is 20.1. The molecule has 0 spiro atoms. The number of carbonyl (C=O) groups excluding carboxylic acids is 1. The molecule has 3 heterocycles. The molecule has 2 saturated heterocycles. The maximum Gasteiger partial charge on any atom is 0.237 e. The zero-order chi connectivity index (χ0) is 20.1. The van der Waals surface area contributed by atoms with Gasteiger partial charge in [0.05, 0.1) is 25.3 Å². The van der Waals surface area contributed by atoms with E-state index >= 15 is 0 Å². The summed E-state index contributed by atoms with van der Waals surface area (Å²) in [6, 6.07) is 14.4. The normalized spacial score (nSPS) is 21.9. The van der Waals surface area contributed by atoms with Crippen LogP contribution in [0.15, 0.2) is 46.9 Å². The second-order valence-corrected chi connectivity index (χ2v) is 7.97. The molecule has 0 saturated carbocycles. The second kappa shape index (κ2) is 9.57. The Morgan fingerprint density at radius 3 is 2.66 bits per heavy atom. The number of nitrogens with zero attached hydrogens (tertiary/aromatic N) is 2. The predicted octanol–water partition coefficient (Wildman–Crippen LogP) is 2.74. The molecule has 1 aromatic carbocycles. The fraction of sp³-hybridized carbons (Fsp3) is 0.522. The Kier molecular flexibility index (Phi) is 6.64. The van der Waals surface area contributed by atoms with E-state index in [-0.39, 0.29) is 18.0 Å². The van der Waals surface area contributed by atoms with Crippen molar-refractivity contribution in [2.75, 3.05) is 39.4 Å². The summed E-state index contributed by atoms with van der Waals surface area (Å²) >= 11 is 0. The van der Waals surface area contributed by atoms with E-state index in [1.807, 2.05) is 25.1 Å². The fourth-order valence-electron chi connectivity index (χ4n) is 4.38. The number of ether oxygens (including phenoxy) is 1. The van der Waals surface area contributed by atoms with E-state index < -0.39 is 0 Å². The minimum absolute atomic E-state index is 0.0422. The number of amides is 1. The molecule has 0 bridgehead atoms. The van der Waals surface area contributed by atoms with Crippen molar-refractivity contribution in [1.82, 2.24) is 15.1 Å². The number of nitrogens with one attached hydrogen (secondary N) is 1. The molecule has 0 radical (unpaired) electrons. The molecule has 0 aliphatic carbocycles. The number of morpholine rings is 1. The molecule has 29 heavy (non-hydrogen) atoms. The van der Waals surface area contributed by atoms with Gasteiger partial charge in [-0.3, -0.25) is 14.6 Å². The SMILES string of the molecule is Cc1ccc(C(CNC(=O)C2CCCN2Cc2ccccc2)N2CCOCC2)o1. The highest BCUT2D eigenvalue weighted by atomic mass is 16.5. The Bertz CT molecular complexity index is 786. The van der Waals surface area contributed by atoms with Gasteiger partial charge >= 0.3 is 0 Å². The zero-order valence-corrected chi connectivity index (χ0v) is 17.2. The standard InChI is InChI=1S/C23H31N3O3/c1-18-9-10-22(29-18)21(25-12-14-28-15-13-25)16-24-23(27)20-8-5-11-26(20)17-19-6-3-2-4-7-19/h2-4,6-7,9-10,20-21H,5,8,11-17H2,1H3,(H,24,27). The summed E-state index contributed by atoms with van der Waals surface area (Å²) in [6.07, 6.45) is 1.98. The Labute approximate surface area is 172 Å². The summed E-state index contributed by atoms with van der Waals surface area (Å²) in [5.74, 6) is 1.94. The van der Waals surface area contributed by atoms with Crippen molar-refractivity contribution in [1.29, 1.82) is 0 Å². The highest BCUT2D eigenvalue weighted by molar-refractivity contribution is 5.82. The van der Waals surface area contributed by atoms with Crippen LogP contribution in [0.2, 0.25) is 0 Å². The Balaban J connectivity index is 1.39. The Morgan fingerprint density at radius 1 is 1.14 bits per heavy atom. The largest absolute Gasteiger partial charge is 0.465 e. The van der Waals surface area contributed by atoms with Crippen molar-refractivity contribution in [3.8, 4) is 0 Å². The summed E-state index contributed by atoms with van der Waals surface area (Å²) in [5, 5.41) is 3.22. The van der Waals surface area contributed by atoms with Crippen LogP contribution in [0.1, 0.15) is 36.0 Å².